The van der Waals surface area contributed by atoms with Gasteiger partial charge in [-0.2, -0.15) is 0 Å². The predicted molar refractivity (Wildman–Crippen MR) is 352 cm³/mol. The van der Waals surface area contributed by atoms with Crippen LogP contribution in [0.25, 0.3) is 0 Å². The largest absolute Gasteiger partial charge is 0.462 e. The van der Waals surface area contributed by atoms with E-state index < -0.39 is 6.10 Å². The first kappa shape index (κ1) is 75.5. The molecule has 0 aliphatic heterocycles. The summed E-state index contributed by atoms with van der Waals surface area (Å²) >= 11 is 0. The van der Waals surface area contributed by atoms with E-state index in [0.29, 0.717) is 19.3 Å². The molecule has 0 aromatic rings. The Balaban J connectivity index is 4.56. The van der Waals surface area contributed by atoms with Gasteiger partial charge >= 0.3 is 17.9 Å². The molecular formula is C75H116O6. The van der Waals surface area contributed by atoms with Gasteiger partial charge in [0.1, 0.15) is 13.2 Å². The fourth-order valence-corrected chi connectivity index (χ4v) is 8.17. The van der Waals surface area contributed by atoms with Crippen molar-refractivity contribution < 1.29 is 28.6 Å². The Morgan fingerprint density at radius 2 is 0.444 bits per heavy atom. The molecule has 0 aliphatic carbocycles. The van der Waals surface area contributed by atoms with E-state index in [1.165, 1.54) is 32.1 Å². The lowest BCUT2D eigenvalue weighted by atomic mass is 10.1. The maximum absolute atomic E-state index is 12.9. The van der Waals surface area contributed by atoms with Crippen molar-refractivity contribution in [3.63, 3.8) is 0 Å². The van der Waals surface area contributed by atoms with Gasteiger partial charge in [-0.1, -0.05) is 261 Å². The van der Waals surface area contributed by atoms with Gasteiger partial charge in [-0.3, -0.25) is 14.4 Å². The Hall–Kier alpha value is -5.49. The number of unbranched alkanes of at least 4 members (excludes halogenated alkanes) is 15. The number of rotatable bonds is 56. The highest BCUT2D eigenvalue weighted by molar-refractivity contribution is 5.71. The SMILES string of the molecule is CC/C=C\C/C=C\C/C=C\C/C=C\C/C=C\C/C=C\CCCCCCC(=O)OCC(COC(=O)CCCCC/C=C\C/C=C\C/C=C\C/C=C\C/C=C\CC)OC(=O)CCCCCCCCCC/C=C\C/C=C\C/C=C\C/C=C\CC. The van der Waals surface area contributed by atoms with Crippen molar-refractivity contribution in [1.29, 1.82) is 0 Å². The standard InChI is InChI=1S/C75H116O6/c1-4-7-10-13-16-19-22-25-28-31-34-36-37-39-41-44-47-50-53-56-59-62-65-68-74(77)80-71-72(70-79-73(76)67-64-61-58-55-52-49-46-43-40-33-30-27-24-21-18-15-12-9-6-3)81-75(78)69-66-63-60-57-54-51-48-45-42-38-35-32-29-26-23-20-17-14-11-8-5-2/h7-12,16-21,25-30,34-36,38-41,43,47,49-50,52,72H,4-6,13-15,22-24,31-33,37,42,44-46,48,51,53-71H2,1-3H3/b10-7-,11-8-,12-9-,19-16-,20-17-,21-18-,28-25-,29-26-,30-27-,36-34-,38-35-,41-39-,43-40-,50-47-,52-49-. The third-order valence-electron chi connectivity index (χ3n) is 12.9. The van der Waals surface area contributed by atoms with Crippen LogP contribution in [0.3, 0.4) is 0 Å². The second kappa shape index (κ2) is 67.0. The Bertz CT molecular complexity index is 1900. The molecule has 0 N–H and O–H groups in total. The number of ether oxygens (including phenoxy) is 3. The van der Waals surface area contributed by atoms with Crippen LogP contribution in [-0.2, 0) is 28.6 Å². The third-order valence-corrected chi connectivity index (χ3v) is 12.9. The van der Waals surface area contributed by atoms with Gasteiger partial charge in [0.2, 0.25) is 0 Å². The molecule has 0 saturated carbocycles. The average Bonchev–Trinajstić information content (AvgIpc) is 3.47. The van der Waals surface area contributed by atoms with Gasteiger partial charge in [0.05, 0.1) is 0 Å². The molecule has 0 saturated heterocycles. The van der Waals surface area contributed by atoms with Gasteiger partial charge in [-0.15, -0.1) is 0 Å². The molecule has 0 fully saturated rings. The van der Waals surface area contributed by atoms with Crippen molar-refractivity contribution in [3.8, 4) is 0 Å². The predicted octanol–water partition coefficient (Wildman–Crippen LogP) is 22.4. The molecule has 6 heteroatoms. The molecule has 452 valence electrons. The highest BCUT2D eigenvalue weighted by atomic mass is 16.6. The molecule has 1 atom stereocenters. The molecule has 0 heterocycles. The van der Waals surface area contributed by atoms with Crippen molar-refractivity contribution in [2.75, 3.05) is 13.2 Å². The first-order valence-corrected chi connectivity index (χ1v) is 32.3. The minimum absolute atomic E-state index is 0.115. The van der Waals surface area contributed by atoms with Crippen LogP contribution in [0.15, 0.2) is 182 Å². The van der Waals surface area contributed by atoms with Crippen LogP contribution in [0.4, 0.5) is 0 Å². The lowest BCUT2D eigenvalue weighted by Crippen LogP contribution is -2.30. The van der Waals surface area contributed by atoms with Crippen molar-refractivity contribution >= 4 is 17.9 Å². The summed E-state index contributed by atoms with van der Waals surface area (Å²) in [6.07, 6.45) is 100. The van der Waals surface area contributed by atoms with Crippen LogP contribution in [-0.4, -0.2) is 37.2 Å². The normalized spacial score (nSPS) is 13.4. The number of allylic oxidation sites excluding steroid dienone is 30. The lowest BCUT2D eigenvalue weighted by molar-refractivity contribution is -0.167. The van der Waals surface area contributed by atoms with Crippen molar-refractivity contribution in [2.24, 2.45) is 0 Å². The van der Waals surface area contributed by atoms with Crippen LogP contribution in [0, 0.1) is 0 Å². The third kappa shape index (κ3) is 65.2. The van der Waals surface area contributed by atoms with Crippen LogP contribution in [0.1, 0.15) is 252 Å². The van der Waals surface area contributed by atoms with Crippen molar-refractivity contribution in [3.05, 3.63) is 182 Å². The van der Waals surface area contributed by atoms with Gasteiger partial charge in [-0.05, 0) is 154 Å². The molecule has 0 bridgehead atoms. The first-order valence-electron chi connectivity index (χ1n) is 32.3. The summed E-state index contributed by atoms with van der Waals surface area (Å²) in [5, 5.41) is 0. The van der Waals surface area contributed by atoms with E-state index >= 15 is 0 Å². The summed E-state index contributed by atoms with van der Waals surface area (Å²) < 4.78 is 16.9. The lowest BCUT2D eigenvalue weighted by Gasteiger charge is -2.18. The second-order valence-electron chi connectivity index (χ2n) is 20.5. The van der Waals surface area contributed by atoms with Gasteiger partial charge in [-0.25, -0.2) is 0 Å². The average molecular weight is 1110 g/mol. The minimum atomic E-state index is -0.821. The molecule has 0 radical (unpaired) electrons. The number of hydrogen-bond donors (Lipinski definition) is 0. The summed E-state index contributed by atoms with van der Waals surface area (Å²) in [6.45, 7) is 6.24. The van der Waals surface area contributed by atoms with Crippen molar-refractivity contribution in [1.82, 2.24) is 0 Å². The van der Waals surface area contributed by atoms with Crippen LogP contribution in [0.5, 0.6) is 0 Å². The maximum atomic E-state index is 12.9. The Labute approximate surface area is 497 Å². The van der Waals surface area contributed by atoms with E-state index in [-0.39, 0.29) is 31.1 Å². The van der Waals surface area contributed by atoms with E-state index in [1.54, 1.807) is 0 Å². The monoisotopic (exact) mass is 1110 g/mol. The fourth-order valence-electron chi connectivity index (χ4n) is 8.17. The van der Waals surface area contributed by atoms with Gasteiger partial charge in [0.15, 0.2) is 6.10 Å². The molecule has 0 aliphatic rings. The van der Waals surface area contributed by atoms with Crippen LogP contribution in [0.2, 0.25) is 0 Å². The van der Waals surface area contributed by atoms with Gasteiger partial charge < -0.3 is 14.2 Å². The molecule has 0 aromatic carbocycles. The summed E-state index contributed by atoms with van der Waals surface area (Å²) in [5.41, 5.74) is 0. The number of carbonyl (C=O) groups excluding carboxylic acids is 3. The summed E-state index contributed by atoms with van der Waals surface area (Å²) in [7, 11) is 0. The highest BCUT2D eigenvalue weighted by Gasteiger charge is 2.19. The summed E-state index contributed by atoms with van der Waals surface area (Å²) in [6, 6.07) is 0. The van der Waals surface area contributed by atoms with Crippen LogP contribution < -0.4 is 0 Å². The molecular weight excluding hydrogens is 997 g/mol. The van der Waals surface area contributed by atoms with Crippen LogP contribution >= 0.6 is 0 Å². The fraction of sp³-hybridized carbons (Fsp3) is 0.560. The number of hydrogen-bond acceptors (Lipinski definition) is 6. The number of esters is 3. The van der Waals surface area contributed by atoms with E-state index in [9.17, 15) is 14.4 Å². The zero-order valence-electron chi connectivity index (χ0n) is 51.7. The summed E-state index contributed by atoms with van der Waals surface area (Å²) in [4.78, 5) is 38.4. The highest BCUT2D eigenvalue weighted by Crippen LogP contribution is 2.14. The summed E-state index contributed by atoms with van der Waals surface area (Å²) in [5.74, 6) is -0.984. The molecule has 6 nitrogen and oxygen atoms in total. The molecule has 0 spiro atoms. The van der Waals surface area contributed by atoms with Crippen molar-refractivity contribution in [2.45, 2.75) is 258 Å². The Kier molecular flexibility index (Phi) is 62.5. The molecule has 81 heavy (non-hydrogen) atoms. The van der Waals surface area contributed by atoms with E-state index in [2.05, 4.69) is 203 Å². The first-order chi connectivity index (χ1) is 40.0. The van der Waals surface area contributed by atoms with E-state index in [1.807, 2.05) is 0 Å². The smallest absolute Gasteiger partial charge is 0.306 e. The Morgan fingerprint density at radius 3 is 0.704 bits per heavy atom. The molecule has 0 amide bonds. The quantitative estimate of drug-likeness (QED) is 0.0261. The molecule has 0 aromatic heterocycles. The minimum Gasteiger partial charge on any atom is -0.462 e. The topological polar surface area (TPSA) is 78.9 Å². The number of carbonyl (C=O) groups is 3. The van der Waals surface area contributed by atoms with E-state index in [4.69, 9.17) is 14.2 Å². The van der Waals surface area contributed by atoms with Gasteiger partial charge in [0, 0.05) is 19.3 Å². The molecule has 0 rings (SSSR count). The maximum Gasteiger partial charge on any atom is 0.306 e. The zero-order valence-corrected chi connectivity index (χ0v) is 51.7. The van der Waals surface area contributed by atoms with E-state index in [0.717, 1.165) is 180 Å². The molecule has 1 unspecified atom stereocenters. The Morgan fingerprint density at radius 1 is 0.247 bits per heavy atom. The van der Waals surface area contributed by atoms with Gasteiger partial charge in [0.25, 0.3) is 0 Å². The second-order valence-corrected chi connectivity index (χ2v) is 20.5. The zero-order chi connectivity index (χ0) is 58.5.